The van der Waals surface area contributed by atoms with E-state index in [2.05, 4.69) is 39.1 Å². The number of halogens is 1. The zero-order chi connectivity index (χ0) is 23.5. The summed E-state index contributed by atoms with van der Waals surface area (Å²) < 4.78 is 11.1. The molecule has 3 rings (SSSR count). The zero-order valence-electron chi connectivity index (χ0n) is 19.4. The van der Waals surface area contributed by atoms with Crippen molar-refractivity contribution in [2.75, 3.05) is 7.11 Å². The molecule has 1 aliphatic heterocycles. The van der Waals surface area contributed by atoms with Crippen molar-refractivity contribution < 1.29 is 14.3 Å². The monoisotopic (exact) mass is 454 g/mol. The summed E-state index contributed by atoms with van der Waals surface area (Å²) in [5.74, 6) is 1.20. The van der Waals surface area contributed by atoms with Crippen LogP contribution in [0.15, 0.2) is 36.4 Å². The minimum atomic E-state index is -0.00214. The number of piperidine rings is 1. The second-order valence-electron chi connectivity index (χ2n) is 9.88. The fraction of sp³-hybridized carbons (Fsp3) is 0.462. The summed E-state index contributed by atoms with van der Waals surface area (Å²) in [7, 11) is 1.58. The van der Waals surface area contributed by atoms with Crippen LogP contribution >= 0.6 is 11.6 Å². The Balaban J connectivity index is 1.75. The van der Waals surface area contributed by atoms with Gasteiger partial charge in [0.25, 0.3) is 0 Å². The molecule has 1 fully saturated rings. The zero-order valence-corrected chi connectivity index (χ0v) is 20.2. The van der Waals surface area contributed by atoms with Gasteiger partial charge in [0.05, 0.1) is 11.6 Å². The third-order valence-electron chi connectivity index (χ3n) is 5.75. The third kappa shape index (κ3) is 5.89. The van der Waals surface area contributed by atoms with Crippen molar-refractivity contribution in [3.8, 4) is 17.6 Å². The Labute approximate surface area is 195 Å². The SMILES string of the molecule is COCc1cccc(Oc2ccc(C(=O)CC3CC(C)(C)NC(C)(C)C3)cc2Cl)c1C#N. The van der Waals surface area contributed by atoms with Crippen LogP contribution in [-0.4, -0.2) is 24.0 Å². The van der Waals surface area contributed by atoms with Crippen molar-refractivity contribution >= 4 is 17.4 Å². The minimum absolute atomic E-state index is 0.00214. The van der Waals surface area contributed by atoms with Crippen LogP contribution < -0.4 is 10.1 Å². The molecular weight excluding hydrogens is 424 g/mol. The van der Waals surface area contributed by atoms with Crippen LogP contribution in [0.4, 0.5) is 0 Å². The number of ether oxygens (including phenoxy) is 2. The fourth-order valence-corrected chi connectivity index (χ4v) is 5.22. The molecule has 0 spiro atoms. The Kier molecular flexibility index (Phi) is 7.29. The van der Waals surface area contributed by atoms with Gasteiger partial charge in [0, 0.05) is 30.2 Å². The molecule has 6 heteroatoms. The predicted octanol–water partition coefficient (Wildman–Crippen LogP) is 6.28. The summed E-state index contributed by atoms with van der Waals surface area (Å²) in [4.78, 5) is 13.0. The summed E-state index contributed by atoms with van der Waals surface area (Å²) in [6.45, 7) is 9.06. The van der Waals surface area contributed by atoms with Gasteiger partial charge in [0.15, 0.2) is 5.78 Å². The van der Waals surface area contributed by atoms with E-state index in [1.54, 1.807) is 37.4 Å². The number of carbonyl (C=O) groups is 1. The number of hydrogen-bond acceptors (Lipinski definition) is 5. The van der Waals surface area contributed by atoms with E-state index in [1.807, 2.05) is 6.07 Å². The highest BCUT2D eigenvalue weighted by Crippen LogP contribution is 2.37. The molecular formula is C26H31ClN2O3. The normalized spacial score (nSPS) is 17.5. The van der Waals surface area contributed by atoms with Crippen LogP contribution in [0.2, 0.25) is 5.02 Å². The van der Waals surface area contributed by atoms with Crippen LogP contribution in [0.3, 0.4) is 0 Å². The lowest BCUT2D eigenvalue weighted by Gasteiger charge is -2.46. The van der Waals surface area contributed by atoms with Gasteiger partial charge in [-0.2, -0.15) is 5.26 Å². The summed E-state index contributed by atoms with van der Waals surface area (Å²) in [6, 6.07) is 12.6. The number of benzene rings is 2. The summed E-state index contributed by atoms with van der Waals surface area (Å²) in [5, 5.41) is 13.5. The topological polar surface area (TPSA) is 71.3 Å². The lowest BCUT2D eigenvalue weighted by Crippen LogP contribution is -2.57. The highest BCUT2D eigenvalue weighted by molar-refractivity contribution is 6.32. The molecule has 0 aliphatic carbocycles. The van der Waals surface area contributed by atoms with Gasteiger partial charge in [-0.05, 0) is 76.3 Å². The van der Waals surface area contributed by atoms with Gasteiger partial charge in [-0.1, -0.05) is 23.7 Å². The Morgan fingerprint density at radius 1 is 1.16 bits per heavy atom. The molecule has 0 atom stereocenters. The Bertz CT molecular complexity index is 1020. The second-order valence-corrected chi connectivity index (χ2v) is 10.3. The molecule has 0 unspecified atom stereocenters. The minimum Gasteiger partial charge on any atom is -0.454 e. The van der Waals surface area contributed by atoms with Crippen LogP contribution in [0.25, 0.3) is 0 Å². The van der Waals surface area contributed by atoms with Gasteiger partial charge in [-0.15, -0.1) is 0 Å². The highest BCUT2D eigenvalue weighted by Gasteiger charge is 2.38. The molecule has 32 heavy (non-hydrogen) atoms. The first-order chi connectivity index (χ1) is 15.0. The molecule has 5 nitrogen and oxygen atoms in total. The molecule has 0 bridgehead atoms. The second kappa shape index (κ2) is 9.62. The maximum Gasteiger partial charge on any atom is 0.163 e. The van der Waals surface area contributed by atoms with E-state index in [-0.39, 0.29) is 16.9 Å². The van der Waals surface area contributed by atoms with E-state index in [1.165, 1.54) is 0 Å². The number of hydrogen-bond donors (Lipinski definition) is 1. The fourth-order valence-electron chi connectivity index (χ4n) is 5.00. The Hall–Kier alpha value is -2.39. The quantitative estimate of drug-likeness (QED) is 0.498. The van der Waals surface area contributed by atoms with Gasteiger partial charge in [0.2, 0.25) is 0 Å². The predicted molar refractivity (Wildman–Crippen MR) is 126 cm³/mol. The summed E-state index contributed by atoms with van der Waals surface area (Å²) >= 11 is 6.46. The van der Waals surface area contributed by atoms with Crippen molar-refractivity contribution in [1.29, 1.82) is 5.26 Å². The number of nitrogens with zero attached hydrogens (tertiary/aromatic N) is 1. The van der Waals surface area contributed by atoms with Gasteiger partial charge in [0.1, 0.15) is 23.1 Å². The molecule has 0 aromatic heterocycles. The van der Waals surface area contributed by atoms with E-state index in [4.69, 9.17) is 21.1 Å². The lowest BCUT2D eigenvalue weighted by molar-refractivity contribution is 0.0864. The van der Waals surface area contributed by atoms with E-state index < -0.39 is 0 Å². The molecule has 1 saturated heterocycles. The van der Waals surface area contributed by atoms with E-state index >= 15 is 0 Å². The average molecular weight is 455 g/mol. The summed E-state index contributed by atoms with van der Waals surface area (Å²) in [5.41, 5.74) is 1.71. The van der Waals surface area contributed by atoms with E-state index in [0.717, 1.165) is 18.4 Å². The van der Waals surface area contributed by atoms with Gasteiger partial charge in [-0.25, -0.2) is 0 Å². The third-order valence-corrected chi connectivity index (χ3v) is 6.04. The maximum atomic E-state index is 13.0. The first-order valence-electron chi connectivity index (χ1n) is 10.8. The van der Waals surface area contributed by atoms with Crippen molar-refractivity contribution in [2.45, 2.75) is 64.6 Å². The summed E-state index contributed by atoms with van der Waals surface area (Å²) in [6.07, 6.45) is 2.39. The van der Waals surface area contributed by atoms with E-state index in [0.29, 0.717) is 46.6 Å². The Morgan fingerprint density at radius 3 is 2.44 bits per heavy atom. The van der Waals surface area contributed by atoms with Crippen LogP contribution in [0, 0.1) is 17.2 Å². The molecule has 2 aromatic rings. The number of nitriles is 1. The number of nitrogens with one attached hydrogen (secondary N) is 1. The van der Waals surface area contributed by atoms with Crippen LogP contribution in [0.5, 0.6) is 11.5 Å². The molecule has 0 radical (unpaired) electrons. The Morgan fingerprint density at radius 2 is 1.84 bits per heavy atom. The molecule has 0 amide bonds. The molecule has 1 N–H and O–H groups in total. The number of carbonyl (C=O) groups excluding carboxylic acids is 1. The van der Waals surface area contributed by atoms with Crippen molar-refractivity contribution in [1.82, 2.24) is 5.32 Å². The number of ketones is 1. The van der Waals surface area contributed by atoms with Crippen LogP contribution in [-0.2, 0) is 11.3 Å². The number of methoxy groups -OCH3 is 1. The molecule has 170 valence electrons. The maximum absolute atomic E-state index is 13.0. The highest BCUT2D eigenvalue weighted by atomic mass is 35.5. The first-order valence-corrected chi connectivity index (χ1v) is 11.2. The standard InChI is InChI=1S/C26H31ClN2O3/c1-25(2)13-17(14-26(3,4)29-25)11-22(30)18-9-10-24(21(27)12-18)32-23-8-6-7-19(16-31-5)20(23)15-28/h6-10,12,17,29H,11,13-14,16H2,1-5H3. The number of rotatable bonds is 7. The van der Waals surface area contributed by atoms with Crippen molar-refractivity contribution in [3.05, 3.63) is 58.1 Å². The lowest BCUT2D eigenvalue weighted by atomic mass is 9.74. The van der Waals surface area contributed by atoms with Gasteiger partial charge < -0.3 is 14.8 Å². The van der Waals surface area contributed by atoms with Crippen molar-refractivity contribution in [2.24, 2.45) is 5.92 Å². The first kappa shape index (κ1) is 24.3. The molecule has 0 saturated carbocycles. The largest absolute Gasteiger partial charge is 0.454 e. The average Bonchev–Trinajstić information content (AvgIpc) is 2.67. The number of Topliss-reactive ketones (excluding diaryl/α,β-unsaturated/α-hetero) is 1. The van der Waals surface area contributed by atoms with Crippen molar-refractivity contribution in [3.63, 3.8) is 0 Å². The molecule has 1 aliphatic rings. The molecule has 2 aromatic carbocycles. The van der Waals surface area contributed by atoms with Gasteiger partial charge in [-0.3, -0.25) is 4.79 Å². The van der Waals surface area contributed by atoms with Crippen LogP contribution in [0.1, 0.15) is 68.4 Å². The van der Waals surface area contributed by atoms with Gasteiger partial charge >= 0.3 is 0 Å². The van der Waals surface area contributed by atoms with E-state index in [9.17, 15) is 10.1 Å². The smallest absolute Gasteiger partial charge is 0.163 e. The molecule has 1 heterocycles.